The number of nitrogens with zero attached hydrogens (tertiary/aromatic N) is 2. The number of benzene rings is 2. The second-order valence-corrected chi connectivity index (χ2v) is 14.6. The van der Waals surface area contributed by atoms with Crippen molar-refractivity contribution in [3.05, 3.63) is 65.2 Å². The van der Waals surface area contributed by atoms with Crippen molar-refractivity contribution in [1.82, 2.24) is 15.3 Å². The van der Waals surface area contributed by atoms with Gasteiger partial charge in [0.25, 0.3) is 10.0 Å². The van der Waals surface area contributed by atoms with Crippen LogP contribution in [0.2, 0.25) is 0 Å². The molecule has 0 saturated heterocycles. The van der Waals surface area contributed by atoms with Crippen LogP contribution in [0.15, 0.2) is 53.4 Å². The Morgan fingerprint density at radius 2 is 1.59 bits per heavy atom. The van der Waals surface area contributed by atoms with Crippen LogP contribution in [-0.2, 0) is 14.8 Å². The number of aromatic carboxylic acids is 1. The number of ether oxygens (including phenoxy) is 2. The van der Waals surface area contributed by atoms with Crippen molar-refractivity contribution >= 4 is 28.0 Å². The van der Waals surface area contributed by atoms with Crippen molar-refractivity contribution < 1.29 is 32.6 Å². The molecule has 2 aromatic carbocycles. The summed E-state index contributed by atoms with van der Waals surface area (Å²) in [6, 6.07) is 11.9. The van der Waals surface area contributed by atoms with Crippen molar-refractivity contribution in [2.24, 2.45) is 5.41 Å². The summed E-state index contributed by atoms with van der Waals surface area (Å²) in [7, 11) is -4.26. The van der Waals surface area contributed by atoms with Gasteiger partial charge in [-0.1, -0.05) is 45.0 Å². The number of carbonyl (C=O) groups excluding carboxylic acids is 1. The van der Waals surface area contributed by atoms with Crippen molar-refractivity contribution in [3.8, 4) is 17.1 Å². The summed E-state index contributed by atoms with van der Waals surface area (Å²) < 4.78 is 40.4. The van der Waals surface area contributed by atoms with Gasteiger partial charge in [-0.3, -0.25) is 0 Å². The first-order chi connectivity index (χ1) is 20.3. The number of carboxylic acids is 1. The maximum absolute atomic E-state index is 13.3. The van der Waals surface area contributed by atoms with E-state index < -0.39 is 33.7 Å². The fourth-order valence-corrected chi connectivity index (χ4v) is 5.32. The zero-order chi connectivity index (χ0) is 32.9. The van der Waals surface area contributed by atoms with E-state index in [2.05, 4.69) is 40.8 Å². The average Bonchev–Trinajstić information content (AvgIpc) is 2.88. The molecule has 0 spiro atoms. The number of anilines is 1. The second-order valence-electron chi connectivity index (χ2n) is 12.9. The molecule has 0 fully saturated rings. The maximum atomic E-state index is 13.3. The van der Waals surface area contributed by atoms with Gasteiger partial charge in [-0.05, 0) is 82.2 Å². The van der Waals surface area contributed by atoms with Gasteiger partial charge in [-0.15, -0.1) is 0 Å². The number of alkyl carbamates (subject to hydrolysis) is 1. The van der Waals surface area contributed by atoms with Crippen LogP contribution in [0.1, 0.15) is 75.9 Å². The lowest BCUT2D eigenvalue weighted by Crippen LogP contribution is -2.42. The van der Waals surface area contributed by atoms with Crippen molar-refractivity contribution in [2.45, 2.75) is 84.8 Å². The summed E-state index contributed by atoms with van der Waals surface area (Å²) in [5.74, 6) is -1.43. The Labute approximate surface area is 259 Å². The van der Waals surface area contributed by atoms with Crippen LogP contribution in [0.3, 0.4) is 0 Å². The lowest BCUT2D eigenvalue weighted by Gasteiger charge is -2.26. The summed E-state index contributed by atoms with van der Waals surface area (Å²) >= 11 is 0. The third-order valence-corrected chi connectivity index (χ3v) is 7.78. The molecule has 0 bridgehead atoms. The quantitative estimate of drug-likeness (QED) is 0.220. The number of amides is 1. The molecule has 0 radical (unpaired) electrons. The highest BCUT2D eigenvalue weighted by Crippen LogP contribution is 2.30. The Balaban J connectivity index is 1.98. The number of hydrogen-bond donors (Lipinski definition) is 3. The van der Waals surface area contributed by atoms with Gasteiger partial charge >= 0.3 is 12.1 Å². The summed E-state index contributed by atoms with van der Waals surface area (Å²) in [5, 5.41) is 12.2. The average molecular weight is 627 g/mol. The third kappa shape index (κ3) is 10.2. The van der Waals surface area contributed by atoms with Crippen LogP contribution in [0.5, 0.6) is 5.88 Å². The van der Waals surface area contributed by atoms with Crippen molar-refractivity contribution in [1.29, 1.82) is 0 Å². The summed E-state index contributed by atoms with van der Waals surface area (Å²) in [4.78, 5) is 32.6. The molecule has 12 heteroatoms. The molecular weight excluding hydrogens is 584 g/mol. The minimum absolute atomic E-state index is 0.00169. The molecule has 0 saturated carbocycles. The minimum atomic E-state index is -4.26. The van der Waals surface area contributed by atoms with E-state index in [1.807, 2.05) is 32.0 Å². The molecule has 3 aromatic rings. The molecule has 0 aliphatic rings. The van der Waals surface area contributed by atoms with Gasteiger partial charge in [0.1, 0.15) is 12.2 Å². The van der Waals surface area contributed by atoms with E-state index in [-0.39, 0.29) is 34.3 Å². The van der Waals surface area contributed by atoms with Crippen molar-refractivity contribution in [3.63, 3.8) is 0 Å². The van der Waals surface area contributed by atoms with E-state index in [0.29, 0.717) is 12.1 Å². The van der Waals surface area contributed by atoms with Gasteiger partial charge in [0.05, 0.1) is 22.2 Å². The van der Waals surface area contributed by atoms with Crippen LogP contribution in [0.25, 0.3) is 11.3 Å². The molecule has 44 heavy (non-hydrogen) atoms. The molecule has 1 amide bonds. The highest BCUT2D eigenvalue weighted by molar-refractivity contribution is 7.92. The number of carboxylic acid groups (broad SMARTS) is 1. The van der Waals surface area contributed by atoms with Crippen LogP contribution >= 0.6 is 0 Å². The van der Waals surface area contributed by atoms with E-state index in [9.17, 15) is 23.1 Å². The maximum Gasteiger partial charge on any atom is 0.407 e. The van der Waals surface area contributed by atoms with Crippen LogP contribution in [0, 0.1) is 19.3 Å². The van der Waals surface area contributed by atoms with E-state index >= 15 is 0 Å². The molecule has 238 valence electrons. The molecule has 11 nitrogen and oxygen atoms in total. The fourth-order valence-electron chi connectivity index (χ4n) is 4.33. The molecule has 0 aliphatic heterocycles. The van der Waals surface area contributed by atoms with E-state index in [1.165, 1.54) is 18.2 Å². The molecule has 0 aliphatic carbocycles. The number of carbonyl (C=O) groups is 2. The van der Waals surface area contributed by atoms with E-state index in [4.69, 9.17) is 9.47 Å². The molecule has 1 atom stereocenters. The predicted octanol–water partition coefficient (Wildman–Crippen LogP) is 6.36. The Bertz CT molecular complexity index is 1590. The SMILES string of the molecule is Cc1cccc(C)c1-c1cc(OCC(CCC(C)(C)C)NC(=O)OC(C)(C)C)nc(NS(=O)(=O)c2cccc(C(=O)O)c2)n1. The van der Waals surface area contributed by atoms with Crippen LogP contribution < -0.4 is 14.8 Å². The van der Waals surface area contributed by atoms with Crippen molar-refractivity contribution in [2.75, 3.05) is 11.3 Å². The second kappa shape index (κ2) is 13.6. The first kappa shape index (κ1) is 34.3. The van der Waals surface area contributed by atoms with Crippen LogP contribution in [-0.4, -0.2) is 53.8 Å². The third-order valence-electron chi connectivity index (χ3n) is 6.45. The molecule has 3 N–H and O–H groups in total. The lowest BCUT2D eigenvalue weighted by atomic mass is 9.89. The summed E-state index contributed by atoms with van der Waals surface area (Å²) in [6.07, 6.45) is 0.807. The number of sulfonamides is 1. The van der Waals surface area contributed by atoms with E-state index in [1.54, 1.807) is 26.8 Å². The number of nitrogens with one attached hydrogen (secondary N) is 2. The Hall–Kier alpha value is -4.19. The normalized spacial score (nSPS) is 12.7. The Morgan fingerprint density at radius 3 is 2.18 bits per heavy atom. The van der Waals surface area contributed by atoms with Gasteiger partial charge in [0.2, 0.25) is 11.8 Å². The molecule has 1 unspecified atom stereocenters. The topological polar surface area (TPSA) is 157 Å². The Kier molecular flexibility index (Phi) is 10.6. The highest BCUT2D eigenvalue weighted by atomic mass is 32.2. The predicted molar refractivity (Wildman–Crippen MR) is 168 cm³/mol. The zero-order valence-electron chi connectivity index (χ0n) is 26.5. The van der Waals surface area contributed by atoms with Gasteiger partial charge in [0, 0.05) is 11.6 Å². The van der Waals surface area contributed by atoms with Gasteiger partial charge in [-0.25, -0.2) is 27.7 Å². The highest BCUT2D eigenvalue weighted by Gasteiger charge is 2.24. The molecule has 1 aromatic heterocycles. The van der Waals surface area contributed by atoms with Crippen LogP contribution in [0.4, 0.5) is 10.7 Å². The van der Waals surface area contributed by atoms with Gasteiger partial charge < -0.3 is 19.9 Å². The molecular formula is C32H42N4O7S. The first-order valence-corrected chi connectivity index (χ1v) is 15.8. The van der Waals surface area contributed by atoms with E-state index in [0.717, 1.165) is 29.2 Å². The number of hydrogen-bond acceptors (Lipinski definition) is 8. The number of aromatic nitrogens is 2. The number of rotatable bonds is 11. The summed E-state index contributed by atoms with van der Waals surface area (Å²) in [5.41, 5.74) is 2.17. The first-order valence-electron chi connectivity index (χ1n) is 14.3. The van der Waals surface area contributed by atoms with Gasteiger partial charge in [0.15, 0.2) is 0 Å². The molecule has 3 rings (SSSR count). The lowest BCUT2D eigenvalue weighted by molar-refractivity contribution is 0.0478. The largest absolute Gasteiger partial charge is 0.478 e. The minimum Gasteiger partial charge on any atom is -0.478 e. The standard InChI is InChI=1S/C32H42N4O7S/c1-20-11-9-12-21(2)27(20)25-18-26(42-19-23(15-16-31(3,4)5)33-30(39)43-32(6,7)8)35-29(34-25)36-44(40,41)24-14-10-13-22(17-24)28(37)38/h9-14,17-18,23H,15-16,19H2,1-8H3,(H,33,39)(H,37,38)(H,34,35,36). The monoisotopic (exact) mass is 626 g/mol. The number of aryl methyl sites for hydroxylation is 2. The smallest absolute Gasteiger partial charge is 0.407 e. The van der Waals surface area contributed by atoms with Gasteiger partial charge in [-0.2, -0.15) is 4.98 Å². The summed E-state index contributed by atoms with van der Waals surface area (Å²) in [6.45, 7) is 15.5. The zero-order valence-corrected chi connectivity index (χ0v) is 27.3. The molecule has 1 heterocycles. The fraction of sp³-hybridized carbons (Fsp3) is 0.438. The Morgan fingerprint density at radius 1 is 0.955 bits per heavy atom.